The first-order valence-corrected chi connectivity index (χ1v) is 6.30. The van der Waals surface area contributed by atoms with Crippen LogP contribution >= 0.6 is 15.9 Å². The highest BCUT2D eigenvalue weighted by Crippen LogP contribution is 2.28. The van der Waals surface area contributed by atoms with Crippen LogP contribution in [0.5, 0.6) is 0 Å². The number of halogens is 1. The first-order valence-electron chi connectivity index (χ1n) is 5.50. The van der Waals surface area contributed by atoms with Gasteiger partial charge in [-0.25, -0.2) is 4.68 Å². The molecule has 2 rings (SSSR count). The van der Waals surface area contributed by atoms with E-state index >= 15 is 0 Å². The van der Waals surface area contributed by atoms with Gasteiger partial charge in [0.05, 0.1) is 11.4 Å². The summed E-state index contributed by atoms with van der Waals surface area (Å²) in [5.74, 6) is 0. The van der Waals surface area contributed by atoms with Crippen molar-refractivity contribution in [3.8, 4) is 5.69 Å². The maximum atomic E-state index is 5.88. The number of nitrogen functional groups attached to an aromatic ring is 1. The number of hydrogen-bond donors (Lipinski definition) is 1. The Kier molecular flexibility index (Phi) is 3.00. The minimum Gasteiger partial charge on any atom is -0.398 e. The maximum absolute atomic E-state index is 5.88. The van der Waals surface area contributed by atoms with Gasteiger partial charge in [-0.1, -0.05) is 0 Å². The lowest BCUT2D eigenvalue weighted by Gasteiger charge is -2.10. The van der Waals surface area contributed by atoms with Gasteiger partial charge < -0.3 is 5.73 Å². The lowest BCUT2D eigenvalue weighted by atomic mass is 10.2. The van der Waals surface area contributed by atoms with Crippen LogP contribution in [0.4, 0.5) is 5.69 Å². The van der Waals surface area contributed by atoms with E-state index in [9.17, 15) is 0 Å². The molecule has 0 atom stereocenters. The van der Waals surface area contributed by atoms with Crippen molar-refractivity contribution in [3.05, 3.63) is 39.1 Å². The summed E-state index contributed by atoms with van der Waals surface area (Å²) in [6.07, 6.45) is 0. The number of benzene rings is 1. The van der Waals surface area contributed by atoms with Crippen LogP contribution in [0.1, 0.15) is 22.5 Å². The number of nitrogens with two attached hydrogens (primary N) is 1. The third-order valence-electron chi connectivity index (χ3n) is 3.22. The van der Waals surface area contributed by atoms with Gasteiger partial charge in [-0.3, -0.25) is 0 Å². The molecule has 3 nitrogen and oxygen atoms in total. The molecule has 0 saturated carbocycles. The second-order valence-electron chi connectivity index (χ2n) is 4.37. The van der Waals surface area contributed by atoms with Crippen molar-refractivity contribution >= 4 is 21.6 Å². The predicted octanol–water partition coefficient (Wildman–Crippen LogP) is 3.45. The number of aromatic nitrogens is 2. The summed E-state index contributed by atoms with van der Waals surface area (Å²) < 4.78 is 2.92. The van der Waals surface area contributed by atoms with Gasteiger partial charge in [0.1, 0.15) is 0 Å². The Bertz CT molecular complexity index is 585. The number of rotatable bonds is 1. The lowest BCUT2D eigenvalue weighted by Crippen LogP contribution is -2.02. The quantitative estimate of drug-likeness (QED) is 0.819. The van der Waals surface area contributed by atoms with Gasteiger partial charge in [0, 0.05) is 15.9 Å². The molecular weight excluding hydrogens is 278 g/mol. The third-order valence-corrected chi connectivity index (χ3v) is 3.85. The van der Waals surface area contributed by atoms with E-state index in [1.54, 1.807) is 0 Å². The monoisotopic (exact) mass is 293 g/mol. The molecule has 0 aliphatic rings. The summed E-state index contributed by atoms with van der Waals surface area (Å²) in [6, 6.07) is 3.98. The molecule has 0 aliphatic heterocycles. The van der Waals surface area contributed by atoms with E-state index in [0.717, 1.165) is 32.8 Å². The van der Waals surface area contributed by atoms with Crippen LogP contribution in [0.15, 0.2) is 16.6 Å². The summed E-state index contributed by atoms with van der Waals surface area (Å²) in [5.41, 5.74) is 12.2. The maximum Gasteiger partial charge on any atom is 0.0795 e. The van der Waals surface area contributed by atoms with E-state index in [-0.39, 0.29) is 0 Å². The molecule has 0 saturated heterocycles. The van der Waals surface area contributed by atoms with Crippen molar-refractivity contribution in [2.45, 2.75) is 27.7 Å². The number of anilines is 1. The first-order chi connectivity index (χ1) is 7.91. The van der Waals surface area contributed by atoms with Crippen molar-refractivity contribution in [1.82, 2.24) is 9.78 Å². The average Bonchev–Trinajstić information content (AvgIpc) is 2.51. The average molecular weight is 294 g/mol. The second kappa shape index (κ2) is 4.18. The molecule has 0 bridgehead atoms. The molecule has 90 valence electrons. The highest BCUT2D eigenvalue weighted by molar-refractivity contribution is 9.10. The van der Waals surface area contributed by atoms with Gasteiger partial charge in [0.2, 0.25) is 0 Å². The largest absolute Gasteiger partial charge is 0.398 e. The standard InChI is InChI=1S/C13H16BrN3/c1-7-5-13(11(14)6-12(7)15)17-10(4)8(2)9(3)16-17/h5-6H,15H2,1-4H3. The number of nitrogens with zero attached hydrogens (tertiary/aromatic N) is 2. The zero-order valence-corrected chi connectivity index (χ0v) is 12.1. The molecule has 0 unspecified atom stereocenters. The minimum atomic E-state index is 0.791. The Morgan fingerprint density at radius 2 is 1.82 bits per heavy atom. The molecule has 1 aromatic heterocycles. The SMILES string of the molecule is Cc1cc(-n2nc(C)c(C)c2C)c(Br)cc1N. The molecule has 0 fully saturated rings. The van der Waals surface area contributed by atoms with Gasteiger partial charge in [-0.05, 0) is 66.9 Å². The van der Waals surface area contributed by atoms with Crippen LogP contribution in [-0.2, 0) is 0 Å². The van der Waals surface area contributed by atoms with Gasteiger partial charge in [-0.2, -0.15) is 5.10 Å². The fraction of sp³-hybridized carbons (Fsp3) is 0.308. The summed E-state index contributed by atoms with van der Waals surface area (Å²) in [7, 11) is 0. The highest BCUT2D eigenvalue weighted by Gasteiger charge is 2.12. The predicted molar refractivity (Wildman–Crippen MR) is 74.6 cm³/mol. The van der Waals surface area contributed by atoms with E-state index in [0.29, 0.717) is 0 Å². The third kappa shape index (κ3) is 1.97. The van der Waals surface area contributed by atoms with Gasteiger partial charge in [0.15, 0.2) is 0 Å². The Balaban J connectivity index is 2.68. The molecule has 17 heavy (non-hydrogen) atoms. The van der Waals surface area contributed by atoms with Crippen LogP contribution < -0.4 is 5.73 Å². The topological polar surface area (TPSA) is 43.8 Å². The molecule has 1 aromatic carbocycles. The molecule has 0 spiro atoms. The minimum absolute atomic E-state index is 0.791. The van der Waals surface area contributed by atoms with Gasteiger partial charge >= 0.3 is 0 Å². The first kappa shape index (κ1) is 12.2. The summed E-state index contributed by atoms with van der Waals surface area (Å²) in [5, 5.41) is 4.56. The van der Waals surface area contributed by atoms with Crippen LogP contribution in [0.2, 0.25) is 0 Å². The number of hydrogen-bond acceptors (Lipinski definition) is 2. The van der Waals surface area contributed by atoms with Gasteiger partial charge in [0.25, 0.3) is 0 Å². The summed E-state index contributed by atoms with van der Waals surface area (Å²) >= 11 is 3.55. The van der Waals surface area contributed by atoms with E-state index in [4.69, 9.17) is 5.73 Å². The Labute approximate surface area is 110 Å². The normalized spacial score (nSPS) is 10.9. The molecule has 4 heteroatoms. The van der Waals surface area contributed by atoms with Crippen LogP contribution in [0, 0.1) is 27.7 Å². The molecular formula is C13H16BrN3. The second-order valence-corrected chi connectivity index (χ2v) is 5.22. The Morgan fingerprint density at radius 1 is 1.18 bits per heavy atom. The lowest BCUT2D eigenvalue weighted by molar-refractivity contribution is 0.828. The number of aryl methyl sites for hydroxylation is 2. The van der Waals surface area contributed by atoms with Crippen molar-refractivity contribution in [2.24, 2.45) is 0 Å². The Morgan fingerprint density at radius 3 is 2.35 bits per heavy atom. The van der Waals surface area contributed by atoms with Crippen LogP contribution in [0.3, 0.4) is 0 Å². The molecule has 2 aromatic rings. The fourth-order valence-electron chi connectivity index (χ4n) is 1.80. The van der Waals surface area contributed by atoms with E-state index in [1.165, 1.54) is 5.56 Å². The van der Waals surface area contributed by atoms with Crippen LogP contribution in [-0.4, -0.2) is 9.78 Å². The smallest absolute Gasteiger partial charge is 0.0795 e. The van der Waals surface area contributed by atoms with E-state index in [1.807, 2.05) is 24.6 Å². The highest BCUT2D eigenvalue weighted by atomic mass is 79.9. The molecule has 0 radical (unpaired) electrons. The zero-order chi connectivity index (χ0) is 12.7. The van der Waals surface area contributed by atoms with Gasteiger partial charge in [-0.15, -0.1) is 0 Å². The van der Waals surface area contributed by atoms with Crippen LogP contribution in [0.25, 0.3) is 5.69 Å². The molecule has 1 heterocycles. The molecule has 0 aliphatic carbocycles. The Hall–Kier alpha value is -1.29. The zero-order valence-electron chi connectivity index (χ0n) is 10.5. The van der Waals surface area contributed by atoms with Crippen molar-refractivity contribution < 1.29 is 0 Å². The van der Waals surface area contributed by atoms with Crippen molar-refractivity contribution in [1.29, 1.82) is 0 Å². The van der Waals surface area contributed by atoms with E-state index < -0.39 is 0 Å². The summed E-state index contributed by atoms with van der Waals surface area (Å²) in [4.78, 5) is 0. The van der Waals surface area contributed by atoms with E-state index in [2.05, 4.69) is 40.9 Å². The van der Waals surface area contributed by atoms with Crippen molar-refractivity contribution in [2.75, 3.05) is 5.73 Å². The fourth-order valence-corrected chi connectivity index (χ4v) is 2.33. The molecule has 2 N–H and O–H groups in total. The van der Waals surface area contributed by atoms with Crippen molar-refractivity contribution in [3.63, 3.8) is 0 Å². The summed E-state index contributed by atoms with van der Waals surface area (Å²) in [6.45, 7) is 8.19. The molecule has 0 amide bonds.